The van der Waals surface area contributed by atoms with Crippen LogP contribution in [0.2, 0.25) is 0 Å². The second-order valence-electron chi connectivity index (χ2n) is 7.68. The molecule has 2 saturated heterocycles. The van der Waals surface area contributed by atoms with Crippen molar-refractivity contribution < 1.29 is 9.53 Å². The molecule has 1 amide bonds. The van der Waals surface area contributed by atoms with Crippen LogP contribution in [-0.2, 0) is 9.53 Å². The second-order valence-corrected chi connectivity index (χ2v) is 7.68. The summed E-state index contributed by atoms with van der Waals surface area (Å²) < 4.78 is 5.40. The van der Waals surface area contributed by atoms with Gasteiger partial charge in [-0.25, -0.2) is 9.97 Å². The molecule has 0 saturated carbocycles. The number of aromatic nitrogens is 2. The van der Waals surface area contributed by atoms with Crippen LogP contribution in [0.15, 0.2) is 48.5 Å². The van der Waals surface area contributed by atoms with Crippen molar-refractivity contribution in [2.24, 2.45) is 0 Å². The number of piperazine rings is 1. The van der Waals surface area contributed by atoms with Crippen LogP contribution in [0.25, 0.3) is 5.57 Å². The van der Waals surface area contributed by atoms with Gasteiger partial charge in [0, 0.05) is 70.0 Å². The Morgan fingerprint density at radius 2 is 1.90 bits per heavy atom. The maximum Gasteiger partial charge on any atom is 0.236 e. The summed E-state index contributed by atoms with van der Waals surface area (Å²) in [5.74, 6) is 0.989. The Kier molecular flexibility index (Phi) is 6.36. The summed E-state index contributed by atoms with van der Waals surface area (Å²) in [4.78, 5) is 27.9. The third kappa shape index (κ3) is 4.92. The Hall–Kier alpha value is -2.51. The van der Waals surface area contributed by atoms with Gasteiger partial charge in [0.2, 0.25) is 5.91 Å². The molecular formula is C22H29N5O2. The molecule has 0 radical (unpaired) electrons. The lowest BCUT2D eigenvalue weighted by molar-refractivity contribution is -0.133. The molecule has 3 aliphatic rings. The van der Waals surface area contributed by atoms with Gasteiger partial charge in [-0.1, -0.05) is 12.2 Å². The van der Waals surface area contributed by atoms with Gasteiger partial charge in [0.05, 0.1) is 12.6 Å². The Balaban J connectivity index is 1.27. The Bertz CT molecular complexity index is 797. The lowest BCUT2D eigenvalue weighted by atomic mass is 10.2. The van der Waals surface area contributed by atoms with E-state index in [1.54, 1.807) is 19.5 Å². The van der Waals surface area contributed by atoms with E-state index in [-0.39, 0.29) is 12.0 Å². The van der Waals surface area contributed by atoms with Gasteiger partial charge >= 0.3 is 0 Å². The van der Waals surface area contributed by atoms with E-state index in [1.165, 1.54) is 5.70 Å². The zero-order valence-electron chi connectivity index (χ0n) is 17.0. The molecule has 3 heterocycles. The van der Waals surface area contributed by atoms with Crippen molar-refractivity contribution in [3.63, 3.8) is 0 Å². The summed E-state index contributed by atoms with van der Waals surface area (Å²) in [5, 5.41) is 0. The summed E-state index contributed by atoms with van der Waals surface area (Å²) in [6.07, 6.45) is 14.3. The first-order chi connectivity index (χ1) is 14.2. The number of hydrogen-bond donors (Lipinski definition) is 0. The molecule has 7 heteroatoms. The molecule has 0 unspecified atom stereocenters. The fraction of sp³-hybridized carbons (Fsp3) is 0.500. The number of allylic oxidation sites excluding steroid dienone is 5. The summed E-state index contributed by atoms with van der Waals surface area (Å²) >= 11 is 0. The third-order valence-corrected chi connectivity index (χ3v) is 5.84. The maximum absolute atomic E-state index is 12.7. The van der Waals surface area contributed by atoms with Crippen LogP contribution < -0.4 is 0 Å². The fourth-order valence-electron chi connectivity index (χ4n) is 4.10. The van der Waals surface area contributed by atoms with Gasteiger partial charge in [0.1, 0.15) is 0 Å². The molecule has 29 heavy (non-hydrogen) atoms. The van der Waals surface area contributed by atoms with Gasteiger partial charge in [-0.3, -0.25) is 9.69 Å². The van der Waals surface area contributed by atoms with Gasteiger partial charge in [-0.15, -0.1) is 0 Å². The van der Waals surface area contributed by atoms with Crippen molar-refractivity contribution in [2.45, 2.75) is 18.9 Å². The van der Waals surface area contributed by atoms with Crippen LogP contribution in [-0.4, -0.2) is 89.6 Å². The molecule has 1 aliphatic carbocycles. The monoisotopic (exact) mass is 395 g/mol. The number of likely N-dealkylation sites (tertiary alicyclic amines) is 1. The van der Waals surface area contributed by atoms with Crippen LogP contribution in [0.5, 0.6) is 0 Å². The van der Waals surface area contributed by atoms with E-state index in [1.807, 2.05) is 11.0 Å². The molecule has 0 bridgehead atoms. The first-order valence-corrected chi connectivity index (χ1v) is 10.4. The minimum atomic E-state index is 0.233. The molecule has 154 valence electrons. The number of rotatable bonds is 5. The summed E-state index contributed by atoms with van der Waals surface area (Å²) in [5.41, 5.74) is 2.26. The van der Waals surface area contributed by atoms with Crippen molar-refractivity contribution in [3.8, 4) is 0 Å². The zero-order chi connectivity index (χ0) is 20.1. The van der Waals surface area contributed by atoms with Crippen LogP contribution in [0.3, 0.4) is 0 Å². The summed E-state index contributed by atoms with van der Waals surface area (Å²) in [6.45, 7) is 5.58. The smallest absolute Gasteiger partial charge is 0.236 e. The van der Waals surface area contributed by atoms with Crippen LogP contribution in [0.1, 0.15) is 18.7 Å². The van der Waals surface area contributed by atoms with E-state index in [0.29, 0.717) is 6.54 Å². The standard InChI is InChI=1S/C22H29N5O2/c1-29-20-8-11-25(16-20)17-21(28)27-14-12-26(13-15-27)19-5-2-4-18(6-7-19)22-23-9-3-10-24-22/h3-7,9-10,20H,2,8,11-17H2,1H3/t20-/m0/s1. The average molecular weight is 396 g/mol. The predicted molar refractivity (Wildman–Crippen MR) is 112 cm³/mol. The van der Waals surface area contributed by atoms with E-state index in [9.17, 15) is 4.79 Å². The van der Waals surface area contributed by atoms with Crippen molar-refractivity contribution in [1.29, 1.82) is 0 Å². The van der Waals surface area contributed by atoms with Crippen molar-refractivity contribution >= 4 is 11.5 Å². The number of nitrogens with zero attached hydrogens (tertiary/aromatic N) is 5. The SMILES string of the molecule is CO[C@H]1CCN(CC(=O)N2CCN(C3=CCC=C(c4ncccn4)C=C3)CC2)C1. The molecule has 2 fully saturated rings. The molecule has 1 aromatic rings. The van der Waals surface area contributed by atoms with E-state index in [2.05, 4.69) is 44.1 Å². The number of amides is 1. The fourth-order valence-corrected chi connectivity index (χ4v) is 4.10. The Labute approximate surface area is 172 Å². The first kappa shape index (κ1) is 19.8. The molecule has 7 nitrogen and oxygen atoms in total. The zero-order valence-corrected chi connectivity index (χ0v) is 17.0. The molecular weight excluding hydrogens is 366 g/mol. The highest BCUT2D eigenvalue weighted by Crippen LogP contribution is 2.20. The molecule has 2 aliphatic heterocycles. The maximum atomic E-state index is 12.7. The summed E-state index contributed by atoms with van der Waals surface area (Å²) in [6, 6.07) is 1.83. The minimum Gasteiger partial charge on any atom is -0.380 e. The molecule has 4 rings (SSSR count). The molecule has 1 aromatic heterocycles. The largest absolute Gasteiger partial charge is 0.380 e. The molecule has 0 aromatic carbocycles. The minimum absolute atomic E-state index is 0.233. The lowest BCUT2D eigenvalue weighted by Gasteiger charge is -2.37. The predicted octanol–water partition coefficient (Wildman–Crippen LogP) is 1.57. The number of methoxy groups -OCH3 is 1. The van der Waals surface area contributed by atoms with E-state index in [4.69, 9.17) is 4.74 Å². The van der Waals surface area contributed by atoms with E-state index >= 15 is 0 Å². The van der Waals surface area contributed by atoms with Crippen LogP contribution in [0, 0.1) is 0 Å². The van der Waals surface area contributed by atoms with Crippen molar-refractivity contribution in [2.75, 3.05) is 52.9 Å². The molecule has 1 atom stereocenters. The van der Waals surface area contributed by atoms with Crippen LogP contribution in [0.4, 0.5) is 0 Å². The topological polar surface area (TPSA) is 61.8 Å². The van der Waals surface area contributed by atoms with E-state index < -0.39 is 0 Å². The van der Waals surface area contributed by atoms with Gasteiger partial charge < -0.3 is 14.5 Å². The summed E-state index contributed by atoms with van der Waals surface area (Å²) in [7, 11) is 1.75. The normalized spacial score (nSPS) is 23.0. The van der Waals surface area contributed by atoms with E-state index in [0.717, 1.165) is 63.5 Å². The van der Waals surface area contributed by atoms with Crippen LogP contribution >= 0.6 is 0 Å². The number of ether oxygens (including phenoxy) is 1. The average Bonchev–Trinajstić information content (AvgIpc) is 3.08. The number of carbonyl (C=O) groups excluding carboxylic acids is 1. The number of hydrogen-bond acceptors (Lipinski definition) is 6. The highest BCUT2D eigenvalue weighted by molar-refractivity contribution is 5.78. The van der Waals surface area contributed by atoms with Gasteiger partial charge in [0.15, 0.2) is 5.82 Å². The van der Waals surface area contributed by atoms with Gasteiger partial charge in [-0.05, 0) is 31.1 Å². The highest BCUT2D eigenvalue weighted by atomic mass is 16.5. The molecule has 0 spiro atoms. The second kappa shape index (κ2) is 9.33. The third-order valence-electron chi connectivity index (χ3n) is 5.84. The Morgan fingerprint density at radius 3 is 2.62 bits per heavy atom. The highest BCUT2D eigenvalue weighted by Gasteiger charge is 2.27. The molecule has 0 N–H and O–H groups in total. The number of carbonyl (C=O) groups is 1. The Morgan fingerprint density at radius 1 is 1.10 bits per heavy atom. The van der Waals surface area contributed by atoms with Crippen molar-refractivity contribution in [1.82, 2.24) is 24.7 Å². The van der Waals surface area contributed by atoms with Crippen molar-refractivity contribution in [3.05, 3.63) is 54.3 Å². The first-order valence-electron chi connectivity index (χ1n) is 10.4. The van der Waals surface area contributed by atoms with Gasteiger partial charge in [-0.2, -0.15) is 0 Å². The lowest BCUT2D eigenvalue weighted by Crippen LogP contribution is -2.50. The van der Waals surface area contributed by atoms with Gasteiger partial charge in [0.25, 0.3) is 0 Å². The quantitative estimate of drug-likeness (QED) is 0.754.